The number of hydrogen-bond acceptors (Lipinski definition) is 1. The molecule has 4 rings (SSSR count). The number of rotatable bonds is 6. The van der Waals surface area contributed by atoms with Crippen molar-refractivity contribution in [3.05, 3.63) is 127 Å². The fourth-order valence-corrected chi connectivity index (χ4v) is 7.99. The van der Waals surface area contributed by atoms with Crippen LogP contribution < -0.4 is 15.3 Å². The first-order valence-corrected chi connectivity index (χ1v) is 11.6. The predicted octanol–water partition coefficient (Wildman–Crippen LogP) is 5.91. The molecule has 0 aliphatic rings. The maximum Gasteiger partial charge on any atom is 0.174 e. The second-order valence-corrected chi connectivity index (χ2v) is 10.4. The summed E-state index contributed by atoms with van der Waals surface area (Å²) in [5, 5.41) is 2.80. The van der Waals surface area contributed by atoms with E-state index in [0.29, 0.717) is 0 Å². The van der Waals surface area contributed by atoms with E-state index in [1.165, 1.54) is 21.9 Å². The second-order valence-electron chi connectivity index (χ2n) is 6.94. The van der Waals surface area contributed by atoms with Crippen molar-refractivity contribution in [2.24, 2.45) is 0 Å². The Bertz CT molecular complexity index is 946. The van der Waals surface area contributed by atoms with Crippen molar-refractivity contribution in [2.75, 3.05) is 11.7 Å². The summed E-state index contributed by atoms with van der Waals surface area (Å²) in [5.74, 6) is 0. The maximum absolute atomic E-state index is 2.53. The number of hydrogen-bond donors (Lipinski definition) is 0. The molecule has 0 spiro atoms. The van der Waals surface area contributed by atoms with Gasteiger partial charge in [0.1, 0.15) is 16.8 Å². The molecule has 0 amide bonds. The van der Waals surface area contributed by atoms with Crippen molar-refractivity contribution in [3.8, 4) is 0 Å². The van der Waals surface area contributed by atoms with Gasteiger partial charge in [-0.05, 0) is 42.0 Å². The Morgan fingerprint density at radius 2 is 0.929 bits per heavy atom. The second kappa shape index (κ2) is 8.42. The third kappa shape index (κ3) is 3.59. The highest BCUT2D eigenvalue weighted by molar-refractivity contribution is 7.90. The molecule has 28 heavy (non-hydrogen) atoms. The smallest absolute Gasteiger partial charge is 0.174 e. The minimum absolute atomic E-state index is 0.993. The third-order valence-electron chi connectivity index (χ3n) is 5.26. The summed E-state index contributed by atoms with van der Waals surface area (Å²) in [6, 6.07) is 43.7. The van der Waals surface area contributed by atoms with E-state index < -0.39 is 7.41 Å². The summed E-state index contributed by atoms with van der Waals surface area (Å²) in [7, 11) is 0.354. The van der Waals surface area contributed by atoms with Crippen molar-refractivity contribution >= 4 is 23.7 Å². The Kier molecular flexibility index (Phi) is 5.55. The molecule has 0 fully saturated rings. The third-order valence-corrected chi connectivity index (χ3v) is 9.65. The number of para-hydroxylation sites is 1. The van der Waals surface area contributed by atoms with Gasteiger partial charge < -0.3 is 0 Å². The van der Waals surface area contributed by atoms with E-state index >= 15 is 0 Å². The van der Waals surface area contributed by atoms with E-state index in [0.717, 1.165) is 6.16 Å². The van der Waals surface area contributed by atoms with Crippen molar-refractivity contribution < 1.29 is 0 Å². The van der Waals surface area contributed by atoms with Crippen LogP contribution in [-0.2, 0) is 6.16 Å². The van der Waals surface area contributed by atoms with E-state index in [4.69, 9.17) is 0 Å². The fraction of sp³-hybridized carbons (Fsp3) is 0.0769. The highest BCUT2D eigenvalue weighted by Crippen LogP contribution is 2.62. The standard InChI is InChI=1S/C26H25NP/c1-27(24-16-8-3-9-17-24)28(25-18-10-4-11-19-25,26-20-12-5-13-21-26)22-23-14-6-2-7-15-23/h2-21H,22H2,1H3/q+1. The van der Waals surface area contributed by atoms with Crippen LogP contribution in [0, 0.1) is 0 Å². The van der Waals surface area contributed by atoms with Crippen LogP contribution in [0.4, 0.5) is 5.69 Å². The maximum atomic E-state index is 2.53. The van der Waals surface area contributed by atoms with Gasteiger partial charge in [-0.1, -0.05) is 84.9 Å². The average Bonchev–Trinajstić information content (AvgIpc) is 2.79. The van der Waals surface area contributed by atoms with Crippen LogP contribution in [0.5, 0.6) is 0 Å². The molecule has 0 saturated heterocycles. The Hall–Kier alpha value is -2.89. The van der Waals surface area contributed by atoms with Crippen LogP contribution >= 0.6 is 7.41 Å². The van der Waals surface area contributed by atoms with Crippen molar-refractivity contribution in [2.45, 2.75) is 6.16 Å². The quantitative estimate of drug-likeness (QED) is 0.375. The number of anilines is 1. The monoisotopic (exact) mass is 382 g/mol. The van der Waals surface area contributed by atoms with Gasteiger partial charge in [-0.2, -0.15) is 0 Å². The summed E-state index contributed by atoms with van der Waals surface area (Å²) in [5.41, 5.74) is 2.62. The highest BCUT2D eigenvalue weighted by Gasteiger charge is 2.47. The largest absolute Gasteiger partial charge is 0.242 e. The zero-order valence-corrected chi connectivity index (χ0v) is 17.0. The van der Waals surface area contributed by atoms with E-state index in [-0.39, 0.29) is 0 Å². The van der Waals surface area contributed by atoms with E-state index in [1.807, 2.05) is 0 Å². The zero-order valence-electron chi connectivity index (χ0n) is 16.1. The van der Waals surface area contributed by atoms with Gasteiger partial charge in [-0.3, -0.25) is 0 Å². The van der Waals surface area contributed by atoms with E-state index in [2.05, 4.69) is 133 Å². The first-order chi connectivity index (χ1) is 13.8. The molecule has 0 aliphatic heterocycles. The normalized spacial score (nSPS) is 11.2. The fourth-order valence-electron chi connectivity index (χ4n) is 3.82. The van der Waals surface area contributed by atoms with Gasteiger partial charge in [0, 0.05) is 7.05 Å². The van der Waals surface area contributed by atoms with Crippen LogP contribution in [0.15, 0.2) is 121 Å². The van der Waals surface area contributed by atoms with Crippen molar-refractivity contribution in [1.29, 1.82) is 0 Å². The molecule has 2 heteroatoms. The van der Waals surface area contributed by atoms with Crippen LogP contribution in [-0.4, -0.2) is 7.05 Å². The molecule has 0 bridgehead atoms. The molecular weight excluding hydrogens is 357 g/mol. The van der Waals surface area contributed by atoms with Crippen LogP contribution in [0.25, 0.3) is 0 Å². The Morgan fingerprint density at radius 3 is 1.39 bits per heavy atom. The lowest BCUT2D eigenvalue weighted by atomic mass is 10.2. The molecule has 0 N–H and O–H groups in total. The predicted molar refractivity (Wildman–Crippen MR) is 124 cm³/mol. The highest BCUT2D eigenvalue weighted by atomic mass is 31.2. The van der Waals surface area contributed by atoms with Gasteiger partial charge in [0.15, 0.2) is 7.41 Å². The summed E-state index contributed by atoms with van der Waals surface area (Å²) in [6.45, 7) is 0. The first-order valence-electron chi connectivity index (χ1n) is 9.63. The van der Waals surface area contributed by atoms with Gasteiger partial charge in [0.25, 0.3) is 0 Å². The molecular formula is C26H25NP+. The first kappa shape index (κ1) is 18.5. The Balaban J connectivity index is 1.96. The molecule has 0 aromatic heterocycles. The lowest BCUT2D eigenvalue weighted by molar-refractivity contribution is 1.27. The minimum Gasteiger partial charge on any atom is -0.242 e. The molecule has 138 valence electrons. The molecule has 0 heterocycles. The van der Waals surface area contributed by atoms with Gasteiger partial charge in [-0.25, -0.2) is 4.67 Å². The van der Waals surface area contributed by atoms with Gasteiger partial charge >= 0.3 is 0 Å². The van der Waals surface area contributed by atoms with Gasteiger partial charge in [0.2, 0.25) is 0 Å². The lowest BCUT2D eigenvalue weighted by Crippen LogP contribution is -2.36. The van der Waals surface area contributed by atoms with E-state index in [9.17, 15) is 0 Å². The Morgan fingerprint density at radius 1 is 0.536 bits per heavy atom. The molecule has 4 aromatic rings. The van der Waals surface area contributed by atoms with Crippen LogP contribution in [0.3, 0.4) is 0 Å². The molecule has 0 radical (unpaired) electrons. The van der Waals surface area contributed by atoms with Crippen molar-refractivity contribution in [1.82, 2.24) is 0 Å². The van der Waals surface area contributed by atoms with E-state index in [1.54, 1.807) is 0 Å². The zero-order chi connectivity index (χ0) is 19.2. The van der Waals surface area contributed by atoms with Gasteiger partial charge in [0.05, 0.1) is 5.69 Å². The molecule has 0 unspecified atom stereocenters. The van der Waals surface area contributed by atoms with Crippen LogP contribution in [0.2, 0.25) is 0 Å². The summed E-state index contributed by atoms with van der Waals surface area (Å²) in [6.07, 6.45) is 0.993. The molecule has 0 saturated carbocycles. The Labute approximate surface area is 168 Å². The average molecular weight is 382 g/mol. The lowest BCUT2D eigenvalue weighted by Gasteiger charge is -2.36. The molecule has 0 atom stereocenters. The summed E-state index contributed by atoms with van der Waals surface area (Å²) < 4.78 is 2.53. The number of benzene rings is 4. The SMILES string of the molecule is CN(c1ccccc1)[P+](Cc1ccccc1)(c1ccccc1)c1ccccc1. The molecule has 1 nitrogen and oxygen atoms in total. The minimum atomic E-state index is -1.90. The topological polar surface area (TPSA) is 3.24 Å². The van der Waals surface area contributed by atoms with Gasteiger partial charge in [-0.15, -0.1) is 0 Å². The van der Waals surface area contributed by atoms with Crippen molar-refractivity contribution in [3.63, 3.8) is 0 Å². The van der Waals surface area contributed by atoms with Crippen LogP contribution in [0.1, 0.15) is 5.56 Å². The summed E-state index contributed by atoms with van der Waals surface area (Å²) in [4.78, 5) is 0. The summed E-state index contributed by atoms with van der Waals surface area (Å²) >= 11 is 0. The molecule has 0 aliphatic carbocycles. The molecule has 4 aromatic carbocycles. The number of nitrogens with zero attached hydrogens (tertiary/aromatic N) is 1.